The van der Waals surface area contributed by atoms with Crippen LogP contribution in [0.1, 0.15) is 48.3 Å². The lowest BCUT2D eigenvalue weighted by molar-refractivity contribution is 0.0952. The lowest BCUT2D eigenvalue weighted by atomic mass is 10.1. The van der Waals surface area contributed by atoms with Crippen molar-refractivity contribution < 1.29 is 4.79 Å². The van der Waals surface area contributed by atoms with Crippen LogP contribution in [0.4, 0.5) is 0 Å². The normalized spacial score (nSPS) is 14.3. The minimum absolute atomic E-state index is 0.00748. The highest BCUT2D eigenvalue weighted by Crippen LogP contribution is 2.16. The molecule has 3 aromatic rings. The average Bonchev–Trinajstić information content (AvgIpc) is 3.20. The molecule has 7 nitrogen and oxygen atoms in total. The SMILES string of the molecule is O=C(NCCCn1cccn1)c1ccc2c(=O)n3c(nc2c1)CCCCCC3. The molecule has 2 aromatic heterocycles. The zero-order valence-electron chi connectivity index (χ0n) is 15.9. The Morgan fingerprint density at radius 3 is 2.93 bits per heavy atom. The Morgan fingerprint density at radius 2 is 2.07 bits per heavy atom. The molecule has 0 saturated heterocycles. The molecule has 0 atom stereocenters. The minimum atomic E-state index is -0.143. The quantitative estimate of drug-likeness (QED) is 0.691. The molecule has 146 valence electrons. The predicted octanol–water partition coefficient (Wildman–Crippen LogP) is 2.53. The molecule has 0 unspecified atom stereocenters. The van der Waals surface area contributed by atoms with Gasteiger partial charge < -0.3 is 5.32 Å². The van der Waals surface area contributed by atoms with Crippen LogP contribution in [-0.4, -0.2) is 31.8 Å². The second kappa shape index (κ2) is 8.37. The Hall–Kier alpha value is -2.96. The van der Waals surface area contributed by atoms with Gasteiger partial charge in [0.15, 0.2) is 0 Å². The monoisotopic (exact) mass is 379 g/mol. The van der Waals surface area contributed by atoms with Gasteiger partial charge in [0.1, 0.15) is 5.82 Å². The van der Waals surface area contributed by atoms with Crippen LogP contribution in [0.3, 0.4) is 0 Å². The lowest BCUT2D eigenvalue weighted by Gasteiger charge is -2.16. The molecule has 0 fully saturated rings. The molecule has 1 N–H and O–H groups in total. The average molecular weight is 379 g/mol. The first-order chi connectivity index (χ1) is 13.7. The Morgan fingerprint density at radius 1 is 1.18 bits per heavy atom. The summed E-state index contributed by atoms with van der Waals surface area (Å²) in [6.07, 6.45) is 9.65. The summed E-state index contributed by atoms with van der Waals surface area (Å²) in [6.45, 7) is 2.06. The van der Waals surface area contributed by atoms with Crippen molar-refractivity contribution in [3.8, 4) is 0 Å². The van der Waals surface area contributed by atoms with E-state index >= 15 is 0 Å². The molecule has 1 aromatic carbocycles. The van der Waals surface area contributed by atoms with Crippen molar-refractivity contribution >= 4 is 16.8 Å². The van der Waals surface area contributed by atoms with Crippen LogP contribution >= 0.6 is 0 Å². The van der Waals surface area contributed by atoms with Gasteiger partial charge in [0.05, 0.1) is 10.9 Å². The first-order valence-electron chi connectivity index (χ1n) is 10.0. The van der Waals surface area contributed by atoms with Crippen LogP contribution in [0.15, 0.2) is 41.5 Å². The fourth-order valence-electron chi connectivity index (χ4n) is 3.71. The van der Waals surface area contributed by atoms with Gasteiger partial charge >= 0.3 is 0 Å². The zero-order chi connectivity index (χ0) is 19.3. The molecule has 0 radical (unpaired) electrons. The molecule has 3 heterocycles. The van der Waals surface area contributed by atoms with Crippen LogP contribution in [0.2, 0.25) is 0 Å². The van der Waals surface area contributed by atoms with E-state index in [1.807, 2.05) is 21.5 Å². The number of amides is 1. The summed E-state index contributed by atoms with van der Waals surface area (Å²) in [5.41, 5.74) is 1.16. The molecule has 1 aliphatic rings. The maximum atomic E-state index is 12.9. The number of hydrogen-bond donors (Lipinski definition) is 1. The molecule has 0 saturated carbocycles. The molecule has 1 aliphatic heterocycles. The maximum Gasteiger partial charge on any atom is 0.261 e. The van der Waals surface area contributed by atoms with Gasteiger partial charge in [-0.25, -0.2) is 4.98 Å². The van der Waals surface area contributed by atoms with E-state index in [0.29, 0.717) is 23.0 Å². The molecule has 7 heteroatoms. The van der Waals surface area contributed by atoms with Gasteiger partial charge in [0.25, 0.3) is 11.5 Å². The van der Waals surface area contributed by atoms with E-state index in [0.717, 1.165) is 51.0 Å². The molecular weight excluding hydrogens is 354 g/mol. The summed E-state index contributed by atoms with van der Waals surface area (Å²) < 4.78 is 3.66. The number of fused-ring (bicyclic) bond motifs is 2. The van der Waals surface area contributed by atoms with E-state index in [1.54, 1.807) is 24.4 Å². The third-order valence-corrected chi connectivity index (χ3v) is 5.24. The highest BCUT2D eigenvalue weighted by atomic mass is 16.1. The standard InChI is InChI=1S/C21H25N5O2/c27-20(22-10-5-12-25-13-6-11-23-25)16-8-9-17-18(15-16)24-19-7-3-1-2-4-14-26(19)21(17)28/h6,8-9,11,13,15H,1-5,7,10,12,14H2,(H,22,27). The summed E-state index contributed by atoms with van der Waals surface area (Å²) in [4.78, 5) is 30.1. The van der Waals surface area contributed by atoms with Crippen LogP contribution in [0, 0.1) is 0 Å². The zero-order valence-corrected chi connectivity index (χ0v) is 15.9. The third-order valence-electron chi connectivity index (χ3n) is 5.24. The highest BCUT2D eigenvalue weighted by molar-refractivity contribution is 5.97. The largest absolute Gasteiger partial charge is 0.352 e. The Bertz CT molecular complexity index is 1020. The van der Waals surface area contributed by atoms with Gasteiger partial charge in [0.2, 0.25) is 0 Å². The molecule has 0 bridgehead atoms. The first-order valence-corrected chi connectivity index (χ1v) is 10.0. The van der Waals surface area contributed by atoms with Crippen molar-refractivity contribution in [2.45, 2.75) is 51.6 Å². The lowest BCUT2D eigenvalue weighted by Crippen LogP contribution is -2.27. The number of aromatic nitrogens is 4. The van der Waals surface area contributed by atoms with Gasteiger partial charge in [-0.3, -0.25) is 18.8 Å². The number of benzene rings is 1. The van der Waals surface area contributed by atoms with Gasteiger partial charge in [-0.1, -0.05) is 12.8 Å². The fraction of sp³-hybridized carbons (Fsp3) is 0.429. The second-order valence-corrected chi connectivity index (χ2v) is 7.26. The van der Waals surface area contributed by atoms with E-state index in [-0.39, 0.29) is 11.5 Å². The Kier molecular flexibility index (Phi) is 5.50. The number of aryl methyl sites for hydroxylation is 2. The highest BCUT2D eigenvalue weighted by Gasteiger charge is 2.14. The van der Waals surface area contributed by atoms with Crippen LogP contribution in [0.5, 0.6) is 0 Å². The van der Waals surface area contributed by atoms with Crippen LogP contribution in [-0.2, 0) is 19.5 Å². The molecular formula is C21H25N5O2. The van der Waals surface area contributed by atoms with Crippen LogP contribution in [0.25, 0.3) is 10.9 Å². The summed E-state index contributed by atoms with van der Waals surface area (Å²) in [5.74, 6) is 0.699. The summed E-state index contributed by atoms with van der Waals surface area (Å²) in [6, 6.07) is 7.06. The number of hydrogen-bond acceptors (Lipinski definition) is 4. The smallest absolute Gasteiger partial charge is 0.261 e. The van der Waals surface area contributed by atoms with E-state index in [4.69, 9.17) is 4.98 Å². The molecule has 28 heavy (non-hydrogen) atoms. The number of carbonyl (C=O) groups excluding carboxylic acids is 1. The number of nitrogens with one attached hydrogen (secondary N) is 1. The van der Waals surface area contributed by atoms with E-state index in [1.165, 1.54) is 6.42 Å². The molecule has 4 rings (SSSR count). The summed E-state index contributed by atoms with van der Waals surface area (Å²) >= 11 is 0. The summed E-state index contributed by atoms with van der Waals surface area (Å²) in [7, 11) is 0. The van der Waals surface area contributed by atoms with Crippen molar-refractivity contribution in [1.29, 1.82) is 0 Å². The molecule has 0 spiro atoms. The maximum absolute atomic E-state index is 12.9. The first kappa shape index (κ1) is 18.4. The van der Waals surface area contributed by atoms with Crippen LogP contribution < -0.4 is 10.9 Å². The predicted molar refractivity (Wildman–Crippen MR) is 107 cm³/mol. The van der Waals surface area contributed by atoms with E-state index in [9.17, 15) is 9.59 Å². The van der Waals surface area contributed by atoms with Crippen molar-refractivity contribution in [3.05, 3.63) is 58.4 Å². The topological polar surface area (TPSA) is 81.8 Å². The fourth-order valence-corrected chi connectivity index (χ4v) is 3.71. The molecule has 0 aliphatic carbocycles. The number of nitrogens with zero attached hydrogens (tertiary/aromatic N) is 4. The molecule has 1 amide bonds. The number of carbonyl (C=O) groups is 1. The second-order valence-electron chi connectivity index (χ2n) is 7.26. The van der Waals surface area contributed by atoms with Crippen molar-refractivity contribution in [2.24, 2.45) is 0 Å². The van der Waals surface area contributed by atoms with Crippen molar-refractivity contribution in [3.63, 3.8) is 0 Å². The Labute approximate surface area is 163 Å². The van der Waals surface area contributed by atoms with Gasteiger partial charge in [-0.05, 0) is 43.5 Å². The van der Waals surface area contributed by atoms with E-state index < -0.39 is 0 Å². The van der Waals surface area contributed by atoms with Gasteiger partial charge in [0, 0.05) is 44.0 Å². The summed E-state index contributed by atoms with van der Waals surface area (Å²) in [5, 5.41) is 7.66. The number of rotatable bonds is 5. The Balaban J connectivity index is 1.49. The van der Waals surface area contributed by atoms with Crippen molar-refractivity contribution in [1.82, 2.24) is 24.6 Å². The van der Waals surface area contributed by atoms with Crippen molar-refractivity contribution in [2.75, 3.05) is 6.54 Å². The van der Waals surface area contributed by atoms with E-state index in [2.05, 4.69) is 10.4 Å². The minimum Gasteiger partial charge on any atom is -0.352 e. The van der Waals surface area contributed by atoms with Gasteiger partial charge in [-0.15, -0.1) is 0 Å². The third kappa shape index (κ3) is 3.98. The van der Waals surface area contributed by atoms with Gasteiger partial charge in [-0.2, -0.15) is 5.10 Å².